The predicted octanol–water partition coefficient (Wildman–Crippen LogP) is 6.20. The Morgan fingerprint density at radius 1 is 0.778 bits per heavy atom. The number of hydrogen-bond donors (Lipinski definition) is 4. The first-order valence-electron chi connectivity index (χ1n) is 10.2. The van der Waals surface area contributed by atoms with Crippen molar-refractivity contribution in [1.82, 2.24) is 0 Å². The van der Waals surface area contributed by atoms with Crippen LogP contribution in [-0.2, 0) is 9.59 Å². The zero-order chi connectivity index (χ0) is 20.9. The van der Waals surface area contributed by atoms with E-state index >= 15 is 0 Å². The maximum atomic E-state index is 9.90. The molecule has 1 unspecified atom stereocenters. The molecule has 0 aromatic rings. The first kappa shape index (κ1) is 28.4. The lowest BCUT2D eigenvalue weighted by Gasteiger charge is -2.02. The van der Waals surface area contributed by atoms with Gasteiger partial charge in [-0.3, -0.25) is 9.59 Å². The number of aliphatic hydroxyl groups is 1. The molecule has 0 bridgehead atoms. The van der Waals surface area contributed by atoms with Gasteiger partial charge < -0.3 is 15.3 Å². The zero-order valence-corrected chi connectivity index (χ0v) is 18.4. The maximum absolute atomic E-state index is 9.90. The number of hydrogen-bond acceptors (Lipinski definition) is 4. The minimum absolute atomic E-state index is 0.179. The average molecular weight is 423 g/mol. The quantitative estimate of drug-likeness (QED) is 0.127. The Kier molecular flexibility index (Phi) is 22.6. The summed E-state index contributed by atoms with van der Waals surface area (Å²) in [5, 5.41) is 24.1. The highest BCUT2D eigenvalue weighted by Gasteiger charge is 2.15. The fourth-order valence-corrected chi connectivity index (χ4v) is 2.85. The van der Waals surface area contributed by atoms with Crippen LogP contribution >= 0.6 is 24.8 Å². The summed E-state index contributed by atoms with van der Waals surface area (Å²) in [6.45, 7) is 2.27. The van der Waals surface area contributed by atoms with Crippen molar-refractivity contribution in [1.29, 1.82) is 0 Å². The summed E-state index contributed by atoms with van der Waals surface area (Å²) in [4.78, 5) is 19.7. The van der Waals surface area contributed by atoms with Gasteiger partial charge in [-0.2, -0.15) is 12.6 Å². The molecule has 0 radical (unpaired) electrons. The van der Waals surface area contributed by atoms with Crippen molar-refractivity contribution in [2.45, 2.75) is 108 Å². The Morgan fingerprint density at radius 2 is 1.15 bits per heavy atom. The van der Waals surface area contributed by atoms with Crippen LogP contribution < -0.4 is 0 Å². The topological polar surface area (TPSA) is 94.8 Å². The highest BCUT2D eigenvalue weighted by atomic mass is 32.1. The summed E-state index contributed by atoms with van der Waals surface area (Å²) in [6, 6.07) is 0. The summed E-state index contributed by atoms with van der Waals surface area (Å²) < 4.78 is 0. The van der Waals surface area contributed by atoms with E-state index in [2.05, 4.69) is 31.8 Å². The van der Waals surface area contributed by atoms with Gasteiger partial charge in [-0.15, -0.1) is 0 Å². The van der Waals surface area contributed by atoms with Crippen molar-refractivity contribution in [2.24, 2.45) is 0 Å². The van der Waals surface area contributed by atoms with Crippen LogP contribution in [0.1, 0.15) is 103 Å². The number of carboxylic acids is 2. The highest BCUT2D eigenvalue weighted by molar-refractivity contribution is 7.81. The van der Waals surface area contributed by atoms with Crippen LogP contribution in [0.3, 0.4) is 0 Å². The zero-order valence-electron chi connectivity index (χ0n) is 16.7. The molecule has 0 fully saturated rings. The Balaban J connectivity index is 0. The third-order valence-corrected chi connectivity index (χ3v) is 4.75. The standard InChI is InChI=1S/C16H32OS.C4H6O4S/c1-2-3-4-5-6-7-8-9-10-11-12-13-14-15-16(17)18;5-3(6)1-2(9)4(7)8/h2-15H2,1H3,(H,17,18);2,9H,1H2,(H,5,6)(H,7,8). The molecule has 7 heteroatoms. The second-order valence-corrected chi connectivity index (χ2v) is 7.93. The first-order valence-corrected chi connectivity index (χ1v) is 11.1. The normalized spacial score (nSPS) is 11.3. The van der Waals surface area contributed by atoms with Crippen molar-refractivity contribution in [3.05, 3.63) is 0 Å². The van der Waals surface area contributed by atoms with Crippen LogP contribution in [0.25, 0.3) is 0 Å². The third-order valence-electron chi connectivity index (χ3n) is 4.15. The Bertz CT molecular complexity index is 389. The molecule has 27 heavy (non-hydrogen) atoms. The monoisotopic (exact) mass is 422 g/mol. The Labute approximate surface area is 175 Å². The summed E-state index contributed by atoms with van der Waals surface area (Å²) >= 11 is 8.12. The molecule has 0 amide bonds. The van der Waals surface area contributed by atoms with E-state index in [1.807, 2.05) is 0 Å². The van der Waals surface area contributed by atoms with E-state index in [0.29, 0.717) is 6.42 Å². The van der Waals surface area contributed by atoms with E-state index < -0.39 is 23.6 Å². The van der Waals surface area contributed by atoms with Crippen LogP contribution in [0.4, 0.5) is 0 Å². The molecule has 160 valence electrons. The molecule has 0 aliphatic carbocycles. The first-order chi connectivity index (χ1) is 12.8. The number of aliphatic carboxylic acids is 2. The molecular formula is C20H38O5S2. The number of thiocarbonyl (C=S) groups is 1. The second-order valence-electron chi connectivity index (χ2n) is 6.84. The summed E-state index contributed by atoms with van der Waals surface area (Å²) in [5.41, 5.74) is 0. The summed E-state index contributed by atoms with van der Waals surface area (Å²) in [5.74, 6) is -2.36. The molecule has 0 aromatic carbocycles. The van der Waals surface area contributed by atoms with Crippen molar-refractivity contribution in [3.63, 3.8) is 0 Å². The lowest BCUT2D eigenvalue weighted by atomic mass is 10.0. The van der Waals surface area contributed by atoms with Crippen LogP contribution in [0.5, 0.6) is 0 Å². The molecule has 0 heterocycles. The van der Waals surface area contributed by atoms with Gasteiger partial charge in [0.2, 0.25) is 0 Å². The number of aliphatic hydroxyl groups excluding tert-OH is 1. The molecule has 3 N–H and O–H groups in total. The van der Waals surface area contributed by atoms with E-state index in [0.717, 1.165) is 6.42 Å². The van der Waals surface area contributed by atoms with Gasteiger partial charge >= 0.3 is 11.9 Å². The maximum Gasteiger partial charge on any atom is 0.316 e. The second kappa shape index (κ2) is 21.5. The van der Waals surface area contributed by atoms with Crippen molar-refractivity contribution >= 4 is 41.8 Å². The number of rotatable bonds is 17. The summed E-state index contributed by atoms with van der Waals surface area (Å²) in [6.07, 6.45) is 17.9. The van der Waals surface area contributed by atoms with Crippen molar-refractivity contribution in [3.8, 4) is 0 Å². The number of carbonyl (C=O) groups is 2. The molecular weight excluding hydrogens is 384 g/mol. The van der Waals surface area contributed by atoms with Crippen molar-refractivity contribution < 1.29 is 24.9 Å². The molecule has 5 nitrogen and oxygen atoms in total. The fraction of sp³-hybridized carbons (Fsp3) is 0.850. The Hall–Kier alpha value is -0.820. The van der Waals surface area contributed by atoms with Gasteiger partial charge in [0.15, 0.2) is 5.05 Å². The van der Waals surface area contributed by atoms with Gasteiger partial charge in [0.25, 0.3) is 0 Å². The largest absolute Gasteiger partial charge is 0.502 e. The molecule has 0 spiro atoms. The van der Waals surface area contributed by atoms with E-state index in [4.69, 9.17) is 15.3 Å². The Morgan fingerprint density at radius 3 is 1.41 bits per heavy atom. The molecule has 0 rings (SSSR count). The highest BCUT2D eigenvalue weighted by Crippen LogP contribution is 2.12. The van der Waals surface area contributed by atoms with Crippen LogP contribution in [0.15, 0.2) is 0 Å². The van der Waals surface area contributed by atoms with E-state index in [9.17, 15) is 9.59 Å². The van der Waals surface area contributed by atoms with Crippen molar-refractivity contribution in [2.75, 3.05) is 0 Å². The SMILES string of the molecule is CCCCCCCCCCCCCCCC(O)=S.O=C(O)CC(S)C(=O)O. The number of thiol groups is 1. The predicted molar refractivity (Wildman–Crippen MR) is 118 cm³/mol. The van der Waals surface area contributed by atoms with E-state index in [1.165, 1.54) is 77.0 Å². The van der Waals surface area contributed by atoms with Crippen LogP contribution in [-0.4, -0.2) is 37.6 Å². The minimum atomic E-state index is -1.21. The van der Waals surface area contributed by atoms with Gasteiger partial charge in [0.05, 0.1) is 6.42 Å². The number of carboxylic acid groups (broad SMARTS) is 2. The lowest BCUT2D eigenvalue weighted by molar-refractivity contribution is -0.142. The van der Waals surface area contributed by atoms with Crippen LogP contribution in [0.2, 0.25) is 0 Å². The average Bonchev–Trinajstić information content (AvgIpc) is 2.58. The molecule has 0 saturated heterocycles. The van der Waals surface area contributed by atoms with E-state index in [-0.39, 0.29) is 5.05 Å². The van der Waals surface area contributed by atoms with Crippen LogP contribution in [0, 0.1) is 0 Å². The van der Waals surface area contributed by atoms with Gasteiger partial charge in [-0.1, -0.05) is 84.0 Å². The number of unbranched alkanes of at least 4 members (excludes halogenated alkanes) is 12. The molecule has 1 atom stereocenters. The summed E-state index contributed by atoms with van der Waals surface area (Å²) in [7, 11) is 0. The van der Waals surface area contributed by atoms with Gasteiger partial charge in [0.1, 0.15) is 5.25 Å². The van der Waals surface area contributed by atoms with Gasteiger partial charge in [-0.05, 0) is 18.6 Å². The van der Waals surface area contributed by atoms with Gasteiger partial charge in [0, 0.05) is 6.42 Å². The smallest absolute Gasteiger partial charge is 0.316 e. The molecule has 0 aromatic heterocycles. The van der Waals surface area contributed by atoms with E-state index in [1.54, 1.807) is 0 Å². The fourth-order valence-electron chi connectivity index (χ4n) is 2.55. The molecule has 0 aliphatic rings. The minimum Gasteiger partial charge on any atom is -0.502 e. The lowest BCUT2D eigenvalue weighted by Crippen LogP contribution is -2.17. The third kappa shape index (κ3) is 27.5. The molecule has 0 saturated carbocycles. The molecule has 0 aliphatic heterocycles. The van der Waals surface area contributed by atoms with Gasteiger partial charge in [-0.25, -0.2) is 0 Å².